The van der Waals surface area contributed by atoms with Crippen LogP contribution in [0.15, 0.2) is 41.6 Å². The van der Waals surface area contributed by atoms with E-state index in [1.54, 1.807) is 18.3 Å². The first kappa shape index (κ1) is 19.9. The van der Waals surface area contributed by atoms with Crippen LogP contribution in [-0.2, 0) is 9.47 Å². The highest BCUT2D eigenvalue weighted by Gasteiger charge is 2.46. The van der Waals surface area contributed by atoms with Gasteiger partial charge in [-0.25, -0.2) is 14.6 Å². The maximum Gasteiger partial charge on any atom is 0.415 e. The van der Waals surface area contributed by atoms with Crippen LogP contribution in [0.1, 0.15) is 0 Å². The summed E-state index contributed by atoms with van der Waals surface area (Å²) in [5, 5.41) is 12.9. The van der Waals surface area contributed by atoms with E-state index in [1.807, 2.05) is 18.2 Å². The molecule has 1 aromatic carbocycles. The highest BCUT2D eigenvalue weighted by atomic mass is 16.6. The zero-order valence-electron chi connectivity index (χ0n) is 16.7. The van der Waals surface area contributed by atoms with Crippen LogP contribution in [0.3, 0.4) is 0 Å². The molecule has 2 amide bonds. The van der Waals surface area contributed by atoms with Crippen LogP contribution >= 0.6 is 0 Å². The van der Waals surface area contributed by atoms with Gasteiger partial charge in [0, 0.05) is 16.7 Å². The lowest BCUT2D eigenvalue weighted by Crippen LogP contribution is -2.45. The molecule has 2 fully saturated rings. The molecule has 164 valence electrons. The van der Waals surface area contributed by atoms with Gasteiger partial charge < -0.3 is 19.3 Å². The standard InChI is InChI=1S/C20H18N6O6/c21-24-23-7-13-8-25(19(28)31-13)18-4-2-12(6-22-18)11-1-3-14-16(5-11)30-10-15-17(9-27)32-20(29)26(14)15/h1-6,13,15,17,27H,7-10H2/t13?,15-,17-/m0/s1. The number of ether oxygens (including phenoxy) is 3. The van der Waals surface area contributed by atoms with E-state index in [4.69, 9.17) is 19.7 Å². The number of nitrogens with zero attached hydrogens (tertiary/aromatic N) is 6. The Balaban J connectivity index is 1.35. The Bertz CT molecular complexity index is 1120. The molecule has 1 unspecified atom stereocenters. The van der Waals surface area contributed by atoms with Crippen LogP contribution in [0, 0.1) is 0 Å². The van der Waals surface area contributed by atoms with Gasteiger partial charge in [-0.05, 0) is 35.4 Å². The number of pyridine rings is 1. The van der Waals surface area contributed by atoms with E-state index < -0.39 is 24.4 Å². The summed E-state index contributed by atoms with van der Waals surface area (Å²) in [6.07, 6.45) is -0.546. The fourth-order valence-corrected chi connectivity index (χ4v) is 4.02. The summed E-state index contributed by atoms with van der Waals surface area (Å²) < 4.78 is 16.2. The number of aliphatic hydroxyl groups is 1. The van der Waals surface area contributed by atoms with Crippen LogP contribution in [-0.4, -0.2) is 66.8 Å². The molecular formula is C20H18N6O6. The summed E-state index contributed by atoms with van der Waals surface area (Å²) in [5.74, 6) is 0.955. The molecule has 1 aromatic heterocycles. The third-order valence-corrected chi connectivity index (χ3v) is 5.60. The first-order valence-electron chi connectivity index (χ1n) is 9.92. The zero-order chi connectivity index (χ0) is 22.2. The molecule has 2 saturated heterocycles. The molecular weight excluding hydrogens is 420 g/mol. The molecule has 0 spiro atoms. The highest BCUT2D eigenvalue weighted by Crippen LogP contribution is 2.41. The van der Waals surface area contributed by atoms with E-state index in [2.05, 4.69) is 15.0 Å². The van der Waals surface area contributed by atoms with E-state index in [0.717, 1.165) is 11.1 Å². The number of benzene rings is 1. The molecule has 12 nitrogen and oxygen atoms in total. The average molecular weight is 438 g/mol. The number of cyclic esters (lactones) is 2. The molecule has 0 aliphatic carbocycles. The maximum atomic E-state index is 12.2. The van der Waals surface area contributed by atoms with Crippen molar-refractivity contribution in [1.82, 2.24) is 4.98 Å². The number of carbonyl (C=O) groups excluding carboxylic acids is 2. The number of aromatic nitrogens is 1. The second-order valence-corrected chi connectivity index (χ2v) is 7.47. The zero-order valence-corrected chi connectivity index (χ0v) is 16.7. The van der Waals surface area contributed by atoms with Crippen LogP contribution in [0.5, 0.6) is 5.75 Å². The summed E-state index contributed by atoms with van der Waals surface area (Å²) >= 11 is 0. The Morgan fingerprint density at radius 2 is 2.03 bits per heavy atom. The van der Waals surface area contributed by atoms with E-state index >= 15 is 0 Å². The minimum atomic E-state index is -0.615. The molecule has 4 heterocycles. The van der Waals surface area contributed by atoms with Crippen molar-refractivity contribution in [3.8, 4) is 16.9 Å². The van der Waals surface area contributed by atoms with Crippen LogP contribution in [0.25, 0.3) is 21.6 Å². The molecule has 12 heteroatoms. The SMILES string of the molecule is [N-]=[N+]=NCC1CN(c2ccc(-c3ccc4c(c3)OC[C@H]3[C@H](CO)OC(=O)N43)cn2)C(=O)O1. The summed E-state index contributed by atoms with van der Waals surface area (Å²) in [5.41, 5.74) is 10.6. The molecule has 5 rings (SSSR count). The number of hydrogen-bond acceptors (Lipinski definition) is 8. The summed E-state index contributed by atoms with van der Waals surface area (Å²) in [4.78, 5) is 34.2. The Labute approximate surface area is 181 Å². The first-order chi connectivity index (χ1) is 15.6. The Morgan fingerprint density at radius 3 is 2.78 bits per heavy atom. The number of amides is 2. The van der Waals surface area contributed by atoms with E-state index in [9.17, 15) is 14.7 Å². The molecule has 3 atom stereocenters. The van der Waals surface area contributed by atoms with Crippen molar-refractivity contribution >= 4 is 23.7 Å². The summed E-state index contributed by atoms with van der Waals surface area (Å²) in [7, 11) is 0. The van der Waals surface area contributed by atoms with Crippen LogP contribution in [0.4, 0.5) is 21.1 Å². The highest BCUT2D eigenvalue weighted by molar-refractivity contribution is 5.94. The van der Waals surface area contributed by atoms with Crippen molar-refractivity contribution in [3.63, 3.8) is 0 Å². The minimum Gasteiger partial charge on any atom is -0.489 e. The summed E-state index contributed by atoms with van der Waals surface area (Å²) in [6, 6.07) is 8.56. The van der Waals surface area contributed by atoms with Gasteiger partial charge in [0.2, 0.25) is 0 Å². The van der Waals surface area contributed by atoms with Crippen molar-refractivity contribution < 1.29 is 28.9 Å². The quantitative estimate of drug-likeness (QED) is 0.428. The van der Waals surface area contributed by atoms with Crippen molar-refractivity contribution in [1.29, 1.82) is 0 Å². The average Bonchev–Trinajstić information content (AvgIpc) is 3.36. The number of carbonyl (C=O) groups is 2. The lowest BCUT2D eigenvalue weighted by molar-refractivity contribution is 0.0734. The van der Waals surface area contributed by atoms with Crippen LogP contribution in [0.2, 0.25) is 0 Å². The second-order valence-electron chi connectivity index (χ2n) is 7.47. The predicted octanol–water partition coefficient (Wildman–Crippen LogP) is 2.46. The maximum absolute atomic E-state index is 12.2. The van der Waals surface area contributed by atoms with E-state index in [-0.39, 0.29) is 32.3 Å². The molecule has 0 bridgehead atoms. The topological polar surface area (TPSA) is 150 Å². The Hall–Kier alpha value is -4.02. The first-order valence-corrected chi connectivity index (χ1v) is 9.92. The van der Waals surface area contributed by atoms with Gasteiger partial charge in [0.15, 0.2) is 6.10 Å². The van der Waals surface area contributed by atoms with E-state index in [0.29, 0.717) is 17.3 Å². The predicted molar refractivity (Wildman–Crippen MR) is 110 cm³/mol. The molecule has 3 aliphatic rings. The van der Waals surface area contributed by atoms with Gasteiger partial charge in [-0.1, -0.05) is 11.2 Å². The van der Waals surface area contributed by atoms with E-state index in [1.165, 1.54) is 9.80 Å². The fraction of sp³-hybridized carbons (Fsp3) is 0.350. The summed E-state index contributed by atoms with van der Waals surface area (Å²) in [6.45, 7) is 0.270. The van der Waals surface area contributed by atoms with Gasteiger partial charge in [-0.2, -0.15) is 0 Å². The number of fused-ring (bicyclic) bond motifs is 3. The largest absolute Gasteiger partial charge is 0.489 e. The van der Waals surface area contributed by atoms with Gasteiger partial charge >= 0.3 is 12.2 Å². The van der Waals surface area contributed by atoms with Crippen molar-refractivity contribution in [2.75, 3.05) is 36.1 Å². The van der Waals surface area contributed by atoms with Gasteiger partial charge in [0.05, 0.1) is 25.4 Å². The molecule has 0 saturated carbocycles. The lowest BCUT2D eigenvalue weighted by Gasteiger charge is -2.31. The van der Waals surface area contributed by atoms with Crippen molar-refractivity contribution in [3.05, 3.63) is 47.0 Å². The molecule has 2 aromatic rings. The number of hydrogen-bond donors (Lipinski definition) is 1. The van der Waals surface area contributed by atoms with Crippen molar-refractivity contribution in [2.24, 2.45) is 5.11 Å². The van der Waals surface area contributed by atoms with Crippen LogP contribution < -0.4 is 14.5 Å². The molecule has 32 heavy (non-hydrogen) atoms. The molecule has 3 aliphatic heterocycles. The van der Waals surface area contributed by atoms with Gasteiger partial charge in [0.1, 0.15) is 30.3 Å². The Kier molecular flexibility index (Phi) is 4.92. The third kappa shape index (κ3) is 3.31. The van der Waals surface area contributed by atoms with Gasteiger partial charge in [-0.15, -0.1) is 0 Å². The second kappa shape index (κ2) is 7.91. The number of anilines is 2. The number of azide groups is 1. The Morgan fingerprint density at radius 1 is 1.19 bits per heavy atom. The number of rotatable bonds is 5. The third-order valence-electron chi connectivity index (χ3n) is 5.60. The molecule has 0 radical (unpaired) electrons. The smallest absolute Gasteiger partial charge is 0.415 e. The number of aliphatic hydroxyl groups excluding tert-OH is 1. The molecule has 1 N–H and O–H groups in total. The minimum absolute atomic E-state index is 0.0659. The normalized spacial score (nSPS) is 23.6. The van der Waals surface area contributed by atoms with Gasteiger partial charge in [-0.3, -0.25) is 9.80 Å². The lowest BCUT2D eigenvalue weighted by atomic mass is 10.0. The van der Waals surface area contributed by atoms with Gasteiger partial charge in [0.25, 0.3) is 0 Å². The fourth-order valence-electron chi connectivity index (χ4n) is 4.02. The monoisotopic (exact) mass is 438 g/mol. The van der Waals surface area contributed by atoms with Crippen molar-refractivity contribution in [2.45, 2.75) is 18.2 Å².